The number of aromatic nitrogens is 4. The highest BCUT2D eigenvalue weighted by molar-refractivity contribution is 6.33. The van der Waals surface area contributed by atoms with Crippen LogP contribution in [0.4, 0.5) is 14.5 Å². The number of amides is 1. The number of rotatable bonds is 5. The molecule has 1 N–H and O–H groups in total. The van der Waals surface area contributed by atoms with Gasteiger partial charge in [-0.3, -0.25) is 14.9 Å². The summed E-state index contributed by atoms with van der Waals surface area (Å²) in [6.07, 6.45) is 0. The molecule has 0 bridgehead atoms. The second-order valence-electron chi connectivity index (χ2n) is 5.21. The van der Waals surface area contributed by atoms with Crippen molar-refractivity contribution in [3.8, 4) is 5.69 Å². The second kappa shape index (κ2) is 7.41. The van der Waals surface area contributed by atoms with Gasteiger partial charge in [0.05, 0.1) is 27.7 Å². The van der Waals surface area contributed by atoms with Gasteiger partial charge in [-0.05, 0) is 28.6 Å². The Hall–Kier alpha value is -3.47. The summed E-state index contributed by atoms with van der Waals surface area (Å²) in [5.74, 6) is -2.68. The average Bonchev–Trinajstić information content (AvgIpc) is 3.10. The van der Waals surface area contributed by atoms with Crippen LogP contribution in [0.1, 0.15) is 16.2 Å². The van der Waals surface area contributed by atoms with Gasteiger partial charge in [0.15, 0.2) is 17.5 Å². The maximum Gasteiger partial charge on any atom is 0.270 e. The summed E-state index contributed by atoms with van der Waals surface area (Å²) in [6, 6.07) is 6.52. The van der Waals surface area contributed by atoms with Gasteiger partial charge in [0.25, 0.3) is 11.6 Å². The highest BCUT2D eigenvalue weighted by Gasteiger charge is 2.17. The minimum atomic E-state index is -1.08. The van der Waals surface area contributed by atoms with Crippen LogP contribution in [0.25, 0.3) is 5.69 Å². The summed E-state index contributed by atoms with van der Waals surface area (Å²) >= 11 is 5.91. The van der Waals surface area contributed by atoms with E-state index in [1.54, 1.807) is 0 Å². The van der Waals surface area contributed by atoms with E-state index < -0.39 is 22.5 Å². The molecule has 0 saturated heterocycles. The van der Waals surface area contributed by atoms with E-state index in [-0.39, 0.29) is 34.3 Å². The molecule has 0 radical (unpaired) electrons. The molecule has 0 aliphatic carbocycles. The third kappa shape index (κ3) is 3.87. The number of carbonyl (C=O) groups excluding carboxylic acids is 1. The summed E-state index contributed by atoms with van der Waals surface area (Å²) in [7, 11) is 0. The topological polar surface area (TPSA) is 116 Å². The maximum atomic E-state index is 13.4. The van der Waals surface area contributed by atoms with Gasteiger partial charge in [0.2, 0.25) is 0 Å². The lowest BCUT2D eigenvalue weighted by atomic mass is 10.2. The molecule has 0 unspecified atom stereocenters. The summed E-state index contributed by atoms with van der Waals surface area (Å²) in [5.41, 5.74) is -0.245. The largest absolute Gasteiger partial charge is 0.345 e. The van der Waals surface area contributed by atoms with E-state index in [0.29, 0.717) is 0 Å². The fourth-order valence-corrected chi connectivity index (χ4v) is 2.39. The number of hydrogen-bond donors (Lipinski definition) is 1. The molecule has 27 heavy (non-hydrogen) atoms. The Labute approximate surface area is 154 Å². The first-order valence-corrected chi connectivity index (χ1v) is 7.69. The molecule has 1 amide bonds. The molecule has 0 aliphatic heterocycles. The van der Waals surface area contributed by atoms with Crippen LogP contribution in [0.15, 0.2) is 36.4 Å². The quantitative estimate of drug-likeness (QED) is 0.525. The van der Waals surface area contributed by atoms with Crippen LogP contribution < -0.4 is 5.32 Å². The molecule has 138 valence electrons. The van der Waals surface area contributed by atoms with Gasteiger partial charge in [-0.1, -0.05) is 11.6 Å². The number of nitrogens with one attached hydrogen (secondary N) is 1. The first kappa shape index (κ1) is 18.3. The smallest absolute Gasteiger partial charge is 0.270 e. The molecule has 0 fully saturated rings. The van der Waals surface area contributed by atoms with Gasteiger partial charge >= 0.3 is 0 Å². The van der Waals surface area contributed by atoms with E-state index >= 15 is 0 Å². The third-order valence-corrected chi connectivity index (χ3v) is 3.82. The first-order valence-electron chi connectivity index (χ1n) is 7.31. The number of nitro benzene ring substituents is 1. The van der Waals surface area contributed by atoms with Crippen molar-refractivity contribution < 1.29 is 18.5 Å². The van der Waals surface area contributed by atoms with Crippen molar-refractivity contribution in [2.24, 2.45) is 0 Å². The molecule has 3 rings (SSSR count). The molecular weight excluding hydrogens is 386 g/mol. The van der Waals surface area contributed by atoms with E-state index in [0.717, 1.165) is 22.9 Å². The summed E-state index contributed by atoms with van der Waals surface area (Å²) in [5, 5.41) is 24.1. The number of halogens is 3. The molecular formula is C15H9ClF2N6O3. The number of carbonyl (C=O) groups is 1. The van der Waals surface area contributed by atoms with E-state index in [4.69, 9.17) is 11.6 Å². The van der Waals surface area contributed by atoms with Crippen molar-refractivity contribution in [3.63, 3.8) is 0 Å². The highest BCUT2D eigenvalue weighted by atomic mass is 35.5. The molecule has 0 spiro atoms. The Morgan fingerprint density at radius 3 is 2.70 bits per heavy atom. The number of non-ortho nitro benzene ring substituents is 1. The number of nitrogens with zero attached hydrogens (tertiary/aromatic N) is 5. The molecule has 0 aliphatic rings. The Morgan fingerprint density at radius 1 is 1.22 bits per heavy atom. The average molecular weight is 395 g/mol. The molecule has 0 atom stereocenters. The van der Waals surface area contributed by atoms with Crippen molar-refractivity contribution in [2.45, 2.75) is 6.54 Å². The lowest BCUT2D eigenvalue weighted by molar-refractivity contribution is -0.384. The van der Waals surface area contributed by atoms with Crippen LogP contribution in [0.3, 0.4) is 0 Å². The number of nitro groups is 1. The Morgan fingerprint density at radius 2 is 2.00 bits per heavy atom. The van der Waals surface area contributed by atoms with Crippen LogP contribution >= 0.6 is 11.6 Å². The van der Waals surface area contributed by atoms with Crippen molar-refractivity contribution in [2.75, 3.05) is 0 Å². The Bertz CT molecular complexity index is 1040. The lowest BCUT2D eigenvalue weighted by Crippen LogP contribution is -2.25. The van der Waals surface area contributed by atoms with Gasteiger partial charge in [0, 0.05) is 18.2 Å². The number of tetrazole rings is 1. The van der Waals surface area contributed by atoms with E-state index in [1.165, 1.54) is 18.2 Å². The second-order valence-corrected chi connectivity index (χ2v) is 5.62. The predicted octanol–water partition coefficient (Wildman–Crippen LogP) is 2.43. The van der Waals surface area contributed by atoms with E-state index in [9.17, 15) is 23.7 Å². The van der Waals surface area contributed by atoms with Gasteiger partial charge in [0.1, 0.15) is 0 Å². The van der Waals surface area contributed by atoms with Crippen LogP contribution in [-0.2, 0) is 6.54 Å². The lowest BCUT2D eigenvalue weighted by Gasteiger charge is -2.08. The fourth-order valence-electron chi connectivity index (χ4n) is 2.19. The molecule has 0 saturated carbocycles. The summed E-state index contributed by atoms with van der Waals surface area (Å²) in [6.45, 7) is -0.191. The third-order valence-electron chi connectivity index (χ3n) is 3.49. The van der Waals surface area contributed by atoms with Gasteiger partial charge in [-0.15, -0.1) is 5.10 Å². The van der Waals surface area contributed by atoms with Crippen LogP contribution in [-0.4, -0.2) is 31.0 Å². The van der Waals surface area contributed by atoms with Crippen molar-refractivity contribution in [1.29, 1.82) is 0 Å². The molecule has 1 heterocycles. The molecule has 9 nitrogen and oxygen atoms in total. The Balaban J connectivity index is 1.79. The van der Waals surface area contributed by atoms with Gasteiger partial charge in [-0.2, -0.15) is 4.68 Å². The minimum Gasteiger partial charge on any atom is -0.345 e. The molecule has 3 aromatic rings. The summed E-state index contributed by atoms with van der Waals surface area (Å²) < 4.78 is 27.6. The molecule has 1 aromatic heterocycles. The van der Waals surface area contributed by atoms with Crippen molar-refractivity contribution in [3.05, 3.63) is 74.6 Å². The predicted molar refractivity (Wildman–Crippen MR) is 88.3 cm³/mol. The molecule has 2 aromatic carbocycles. The van der Waals surface area contributed by atoms with Crippen LogP contribution in [0.2, 0.25) is 5.02 Å². The fraction of sp³-hybridized carbons (Fsp3) is 0.0667. The van der Waals surface area contributed by atoms with E-state index in [1.807, 2.05) is 0 Å². The van der Waals surface area contributed by atoms with Crippen LogP contribution in [0, 0.1) is 21.7 Å². The summed E-state index contributed by atoms with van der Waals surface area (Å²) in [4.78, 5) is 22.4. The Kier molecular flexibility index (Phi) is 5.03. The van der Waals surface area contributed by atoms with Gasteiger partial charge in [-0.25, -0.2) is 8.78 Å². The van der Waals surface area contributed by atoms with Crippen molar-refractivity contribution in [1.82, 2.24) is 25.5 Å². The maximum absolute atomic E-state index is 13.4. The standard InChI is InChI=1S/C15H9ClF2N6O3/c16-11-3-1-9(24(26)27)5-10(11)15(25)19-7-14-20-21-22-23(14)8-2-4-12(17)13(18)6-8/h1-6H,7H2,(H,19,25). The normalized spacial score (nSPS) is 10.6. The number of hydrogen-bond acceptors (Lipinski definition) is 6. The minimum absolute atomic E-state index is 0.0262. The zero-order valence-corrected chi connectivity index (χ0v) is 14.0. The van der Waals surface area contributed by atoms with Crippen molar-refractivity contribution >= 4 is 23.2 Å². The van der Waals surface area contributed by atoms with E-state index in [2.05, 4.69) is 20.8 Å². The molecule has 12 heteroatoms. The number of benzene rings is 2. The first-order chi connectivity index (χ1) is 12.9. The monoisotopic (exact) mass is 394 g/mol. The van der Waals surface area contributed by atoms with Crippen LogP contribution in [0.5, 0.6) is 0 Å². The zero-order valence-electron chi connectivity index (χ0n) is 13.3. The zero-order chi connectivity index (χ0) is 19.6. The SMILES string of the molecule is O=C(NCc1nnnn1-c1ccc(F)c(F)c1)c1cc([N+](=O)[O-])ccc1Cl. The van der Waals surface area contributed by atoms with Gasteiger partial charge < -0.3 is 5.32 Å². The highest BCUT2D eigenvalue weighted by Crippen LogP contribution is 2.22.